The minimum Gasteiger partial charge on any atom is -0.332 e. The Balaban J connectivity index is 1.40. The Morgan fingerprint density at radius 1 is 0.853 bits per heavy atom. The molecule has 7 heteroatoms. The molecule has 0 aliphatic heterocycles. The van der Waals surface area contributed by atoms with Gasteiger partial charge in [-0.25, -0.2) is 0 Å². The molecule has 1 amide bonds. The van der Waals surface area contributed by atoms with Crippen LogP contribution in [0, 0.1) is 20.8 Å². The SMILES string of the molecule is Cc1cc(C)cc(C(=O)NC(=S)Nc2cc3nn(-c4cccc5ccccc45)nc3cc2C)c1. The van der Waals surface area contributed by atoms with Crippen LogP contribution in [0.25, 0.3) is 27.5 Å². The van der Waals surface area contributed by atoms with E-state index < -0.39 is 0 Å². The zero-order valence-corrected chi connectivity index (χ0v) is 19.9. The van der Waals surface area contributed by atoms with Crippen LogP contribution in [0.5, 0.6) is 0 Å². The van der Waals surface area contributed by atoms with Crippen LogP contribution in [0.15, 0.2) is 72.8 Å². The number of amides is 1. The number of carbonyl (C=O) groups excluding carboxylic acids is 1. The predicted molar refractivity (Wildman–Crippen MR) is 141 cm³/mol. The Labute approximate surface area is 202 Å². The Morgan fingerprint density at radius 3 is 2.29 bits per heavy atom. The summed E-state index contributed by atoms with van der Waals surface area (Å²) in [5.41, 5.74) is 6.76. The molecule has 5 aromatic rings. The number of fused-ring (bicyclic) bond motifs is 2. The molecule has 1 heterocycles. The van der Waals surface area contributed by atoms with Crippen LogP contribution in [0.3, 0.4) is 0 Å². The summed E-state index contributed by atoms with van der Waals surface area (Å²) in [6.45, 7) is 5.89. The standard InChI is InChI=1S/C27H23N5OS/c1-16-11-17(2)13-20(12-16)26(33)29-27(34)28-22-15-24-23(14-18(22)3)30-32(31-24)25-10-6-8-19-7-4-5-9-21(19)25/h4-15H,1-3H3,(H2,28,29,33,34). The van der Waals surface area contributed by atoms with Gasteiger partial charge in [-0.1, -0.05) is 53.6 Å². The van der Waals surface area contributed by atoms with Gasteiger partial charge in [0.1, 0.15) is 11.0 Å². The number of thiocarbonyl (C=S) groups is 1. The largest absolute Gasteiger partial charge is 0.332 e. The summed E-state index contributed by atoms with van der Waals surface area (Å²) in [5, 5.41) is 17.7. The fourth-order valence-electron chi connectivity index (χ4n) is 4.13. The highest BCUT2D eigenvalue weighted by Crippen LogP contribution is 2.25. The molecule has 168 valence electrons. The molecule has 0 aliphatic rings. The van der Waals surface area contributed by atoms with E-state index in [-0.39, 0.29) is 11.0 Å². The van der Waals surface area contributed by atoms with Gasteiger partial charge in [-0.3, -0.25) is 10.1 Å². The zero-order chi connectivity index (χ0) is 23.8. The van der Waals surface area contributed by atoms with Crippen LogP contribution in [0.2, 0.25) is 0 Å². The van der Waals surface area contributed by atoms with Gasteiger partial charge in [0.05, 0.1) is 5.69 Å². The van der Waals surface area contributed by atoms with Gasteiger partial charge < -0.3 is 5.32 Å². The number of nitrogens with one attached hydrogen (secondary N) is 2. The van der Waals surface area contributed by atoms with Crippen molar-refractivity contribution in [3.63, 3.8) is 0 Å². The first-order chi connectivity index (χ1) is 16.4. The van der Waals surface area contributed by atoms with Crippen molar-refractivity contribution in [1.82, 2.24) is 20.3 Å². The minimum absolute atomic E-state index is 0.230. The molecule has 0 saturated carbocycles. The lowest BCUT2D eigenvalue weighted by atomic mass is 10.1. The van der Waals surface area contributed by atoms with Crippen molar-refractivity contribution in [2.75, 3.05) is 5.32 Å². The first-order valence-electron chi connectivity index (χ1n) is 10.9. The van der Waals surface area contributed by atoms with Crippen LogP contribution in [-0.4, -0.2) is 26.0 Å². The highest BCUT2D eigenvalue weighted by atomic mass is 32.1. The Morgan fingerprint density at radius 2 is 1.53 bits per heavy atom. The van der Waals surface area contributed by atoms with Crippen molar-refractivity contribution in [2.45, 2.75) is 20.8 Å². The molecular formula is C27H23N5OS. The first kappa shape index (κ1) is 21.7. The average Bonchev–Trinajstić information content (AvgIpc) is 3.20. The van der Waals surface area contributed by atoms with Gasteiger partial charge in [-0.2, -0.15) is 0 Å². The van der Waals surface area contributed by atoms with Crippen molar-refractivity contribution in [1.29, 1.82) is 0 Å². The van der Waals surface area contributed by atoms with E-state index in [1.54, 1.807) is 4.80 Å². The molecule has 0 bridgehead atoms. The Hall–Kier alpha value is -4.10. The summed E-state index contributed by atoms with van der Waals surface area (Å²) in [6.07, 6.45) is 0. The summed E-state index contributed by atoms with van der Waals surface area (Å²) < 4.78 is 0. The number of aromatic nitrogens is 3. The fraction of sp³-hybridized carbons (Fsp3) is 0.111. The van der Waals surface area contributed by atoms with Gasteiger partial charge in [-0.15, -0.1) is 15.0 Å². The Kier molecular flexibility index (Phi) is 5.55. The van der Waals surface area contributed by atoms with Crippen LogP contribution in [0.1, 0.15) is 27.0 Å². The molecule has 0 atom stereocenters. The van der Waals surface area contributed by atoms with Crippen molar-refractivity contribution in [2.24, 2.45) is 0 Å². The second-order valence-electron chi connectivity index (χ2n) is 8.43. The van der Waals surface area contributed by atoms with Gasteiger partial charge >= 0.3 is 0 Å². The number of benzene rings is 4. The summed E-state index contributed by atoms with van der Waals surface area (Å²) in [5.74, 6) is -0.245. The molecule has 0 radical (unpaired) electrons. The monoisotopic (exact) mass is 465 g/mol. The highest BCUT2D eigenvalue weighted by Gasteiger charge is 2.13. The summed E-state index contributed by atoms with van der Waals surface area (Å²) >= 11 is 5.41. The minimum atomic E-state index is -0.245. The fourth-order valence-corrected chi connectivity index (χ4v) is 4.33. The first-order valence-corrected chi connectivity index (χ1v) is 11.3. The number of rotatable bonds is 3. The average molecular weight is 466 g/mol. The van der Waals surface area contributed by atoms with Crippen LogP contribution >= 0.6 is 12.2 Å². The number of hydrogen-bond donors (Lipinski definition) is 2. The maximum atomic E-state index is 12.7. The van der Waals surface area contributed by atoms with E-state index in [0.717, 1.165) is 49.9 Å². The lowest BCUT2D eigenvalue weighted by Crippen LogP contribution is -2.34. The van der Waals surface area contributed by atoms with Gasteiger partial charge in [0, 0.05) is 16.6 Å². The molecular weight excluding hydrogens is 442 g/mol. The summed E-state index contributed by atoms with van der Waals surface area (Å²) in [4.78, 5) is 14.3. The van der Waals surface area contributed by atoms with E-state index in [1.807, 2.05) is 75.4 Å². The topological polar surface area (TPSA) is 71.8 Å². The third kappa shape index (κ3) is 4.25. The zero-order valence-electron chi connectivity index (χ0n) is 19.1. The summed E-state index contributed by atoms with van der Waals surface area (Å²) in [7, 11) is 0. The van der Waals surface area contributed by atoms with E-state index in [9.17, 15) is 4.79 Å². The van der Waals surface area contributed by atoms with E-state index >= 15 is 0 Å². The molecule has 0 spiro atoms. The molecule has 2 N–H and O–H groups in total. The van der Waals surface area contributed by atoms with E-state index in [4.69, 9.17) is 22.4 Å². The van der Waals surface area contributed by atoms with E-state index in [1.165, 1.54) is 0 Å². The molecule has 34 heavy (non-hydrogen) atoms. The number of aryl methyl sites for hydroxylation is 3. The van der Waals surface area contributed by atoms with E-state index in [0.29, 0.717) is 5.56 Å². The maximum absolute atomic E-state index is 12.7. The molecule has 0 fully saturated rings. The number of anilines is 1. The van der Waals surface area contributed by atoms with Crippen molar-refractivity contribution >= 4 is 50.7 Å². The van der Waals surface area contributed by atoms with Crippen LogP contribution < -0.4 is 10.6 Å². The lowest BCUT2D eigenvalue weighted by Gasteiger charge is -2.12. The second-order valence-corrected chi connectivity index (χ2v) is 8.84. The van der Waals surface area contributed by atoms with E-state index in [2.05, 4.69) is 28.8 Å². The van der Waals surface area contributed by atoms with Crippen molar-refractivity contribution in [3.05, 3.63) is 95.1 Å². The maximum Gasteiger partial charge on any atom is 0.257 e. The highest BCUT2D eigenvalue weighted by molar-refractivity contribution is 7.80. The molecule has 4 aromatic carbocycles. The third-order valence-electron chi connectivity index (χ3n) is 5.67. The number of carbonyl (C=O) groups is 1. The summed E-state index contributed by atoms with van der Waals surface area (Å²) in [6, 6.07) is 23.8. The Bertz CT molecular complexity index is 1560. The predicted octanol–water partition coefficient (Wildman–Crippen LogP) is 5.63. The van der Waals surface area contributed by atoms with Gasteiger partial charge in [0.15, 0.2) is 5.11 Å². The molecule has 6 nitrogen and oxygen atoms in total. The molecule has 0 saturated heterocycles. The third-order valence-corrected chi connectivity index (χ3v) is 5.87. The second kappa shape index (κ2) is 8.68. The molecule has 0 unspecified atom stereocenters. The van der Waals surface area contributed by atoms with Crippen LogP contribution in [0.4, 0.5) is 5.69 Å². The van der Waals surface area contributed by atoms with Gasteiger partial charge in [0.25, 0.3) is 5.91 Å². The van der Waals surface area contributed by atoms with Crippen molar-refractivity contribution in [3.8, 4) is 5.69 Å². The lowest BCUT2D eigenvalue weighted by molar-refractivity contribution is 0.0977. The van der Waals surface area contributed by atoms with Gasteiger partial charge in [-0.05, 0) is 74.3 Å². The molecule has 1 aromatic heterocycles. The molecule has 5 rings (SSSR count). The van der Waals surface area contributed by atoms with Gasteiger partial charge in [0.2, 0.25) is 0 Å². The smallest absolute Gasteiger partial charge is 0.257 e. The number of nitrogens with zero attached hydrogens (tertiary/aromatic N) is 3. The normalized spacial score (nSPS) is 11.0. The molecule has 0 aliphatic carbocycles. The number of hydrogen-bond acceptors (Lipinski definition) is 4. The quantitative estimate of drug-likeness (QED) is 0.338. The van der Waals surface area contributed by atoms with Crippen molar-refractivity contribution < 1.29 is 4.79 Å². The van der Waals surface area contributed by atoms with Crippen LogP contribution in [-0.2, 0) is 0 Å².